The van der Waals surface area contributed by atoms with Crippen molar-refractivity contribution >= 4 is 30.5 Å². The number of aryl methyl sites for hydroxylation is 2. The van der Waals surface area contributed by atoms with Crippen molar-refractivity contribution in [3.8, 4) is 0 Å². The van der Waals surface area contributed by atoms with Gasteiger partial charge in [0, 0.05) is 18.3 Å². The molecule has 2 N–H and O–H groups in total. The fourth-order valence-corrected chi connectivity index (χ4v) is 5.01. The van der Waals surface area contributed by atoms with Gasteiger partial charge in [0.2, 0.25) is 11.8 Å². The van der Waals surface area contributed by atoms with Crippen molar-refractivity contribution in [3.05, 3.63) is 34.9 Å². The molecule has 7 nitrogen and oxygen atoms in total. The molecule has 3 amide bonds. The third-order valence-corrected chi connectivity index (χ3v) is 7.06. The van der Waals surface area contributed by atoms with E-state index in [1.54, 1.807) is 25.7 Å². The van der Waals surface area contributed by atoms with Crippen molar-refractivity contribution in [2.24, 2.45) is 0 Å². The maximum absolute atomic E-state index is 14.0. The first-order chi connectivity index (χ1) is 17.5. The lowest BCUT2D eigenvalue weighted by atomic mass is 9.93. The fraction of sp³-hybridized carbons (Fsp3) is 0.690. The van der Waals surface area contributed by atoms with Gasteiger partial charge in [0.25, 0.3) is 0 Å². The molecule has 208 valence electrons. The summed E-state index contributed by atoms with van der Waals surface area (Å²) in [5.41, 5.74) is 2.09. The van der Waals surface area contributed by atoms with Crippen molar-refractivity contribution < 1.29 is 19.1 Å². The van der Waals surface area contributed by atoms with E-state index >= 15 is 0 Å². The summed E-state index contributed by atoms with van der Waals surface area (Å²) in [4.78, 5) is 42.1. The normalized spacial score (nSPS) is 16.0. The Labute approximate surface area is 228 Å². The Morgan fingerprint density at radius 3 is 2.38 bits per heavy atom. The molecule has 37 heavy (non-hydrogen) atoms. The van der Waals surface area contributed by atoms with Gasteiger partial charge in [-0.15, -0.1) is 0 Å². The largest absolute Gasteiger partial charge is 0.444 e. The summed E-state index contributed by atoms with van der Waals surface area (Å²) >= 11 is 4.38. The first-order valence-corrected chi connectivity index (χ1v) is 14.4. The molecule has 0 heterocycles. The predicted octanol–water partition coefficient (Wildman–Crippen LogP) is 5.64. The number of alkyl carbamates (subject to hydrolysis) is 1. The van der Waals surface area contributed by atoms with Crippen LogP contribution >= 0.6 is 12.6 Å². The number of hydrogen-bond acceptors (Lipinski definition) is 5. The summed E-state index contributed by atoms with van der Waals surface area (Å²) in [5.74, 6) is -0.408. The number of nitrogens with one attached hydrogen (secondary N) is 2. The number of benzene rings is 1. The highest BCUT2D eigenvalue weighted by Crippen LogP contribution is 2.28. The smallest absolute Gasteiger partial charge is 0.408 e. The van der Waals surface area contributed by atoms with E-state index in [2.05, 4.69) is 30.2 Å². The molecule has 1 saturated carbocycles. The number of amides is 3. The molecule has 2 rings (SSSR count). The third kappa shape index (κ3) is 9.87. The monoisotopic (exact) mass is 533 g/mol. The van der Waals surface area contributed by atoms with Crippen LogP contribution in [0.1, 0.15) is 102 Å². The Hall–Kier alpha value is -2.22. The minimum absolute atomic E-state index is 0.0894. The second-order valence-corrected chi connectivity index (χ2v) is 11.6. The van der Waals surface area contributed by atoms with E-state index in [4.69, 9.17) is 4.74 Å². The molecule has 0 aliphatic heterocycles. The lowest BCUT2D eigenvalue weighted by Crippen LogP contribution is -2.54. The summed E-state index contributed by atoms with van der Waals surface area (Å²) in [5, 5.41) is 5.94. The molecule has 2 unspecified atom stereocenters. The Bertz CT molecular complexity index is 909. The van der Waals surface area contributed by atoms with Gasteiger partial charge < -0.3 is 20.3 Å². The van der Waals surface area contributed by atoms with Gasteiger partial charge in [0.05, 0.1) is 0 Å². The van der Waals surface area contributed by atoms with Crippen LogP contribution in [0.4, 0.5) is 4.79 Å². The first kappa shape index (κ1) is 31.0. The highest BCUT2D eigenvalue weighted by atomic mass is 32.1. The zero-order chi connectivity index (χ0) is 27.6. The van der Waals surface area contributed by atoms with E-state index < -0.39 is 23.8 Å². The average Bonchev–Trinajstić information content (AvgIpc) is 2.83. The second-order valence-electron chi connectivity index (χ2n) is 11.2. The van der Waals surface area contributed by atoms with Crippen molar-refractivity contribution in [3.63, 3.8) is 0 Å². The van der Waals surface area contributed by atoms with Crippen molar-refractivity contribution in [1.82, 2.24) is 15.5 Å². The summed E-state index contributed by atoms with van der Waals surface area (Å²) < 4.78 is 5.39. The molecular formula is C29H47N3O4S. The molecule has 0 radical (unpaired) electrons. The van der Waals surface area contributed by atoms with Crippen LogP contribution in [0.3, 0.4) is 0 Å². The van der Waals surface area contributed by atoms with Gasteiger partial charge in [-0.3, -0.25) is 9.59 Å². The fourth-order valence-electron chi connectivity index (χ4n) is 4.77. The molecular weight excluding hydrogens is 486 g/mol. The van der Waals surface area contributed by atoms with Gasteiger partial charge in [-0.05, 0) is 65.0 Å². The standard InChI is InChI=1S/C29H47N3O4S/c1-7-8-12-17-32(27(34)24(19-37)31-28(35)36-29(4,5)6)25(23-18-20(2)15-16-21(23)3)26(33)30-22-13-10-9-11-14-22/h15-16,18,22,24-25,37H,7-14,17,19H2,1-6H3,(H,30,33)(H,31,35). The van der Waals surface area contributed by atoms with Gasteiger partial charge in [0.15, 0.2) is 0 Å². The number of nitrogens with zero attached hydrogens (tertiary/aromatic N) is 1. The van der Waals surface area contributed by atoms with Gasteiger partial charge in [-0.25, -0.2) is 4.79 Å². The van der Waals surface area contributed by atoms with Crippen LogP contribution in [0.2, 0.25) is 0 Å². The number of unbranched alkanes of at least 4 members (excludes halogenated alkanes) is 2. The Morgan fingerprint density at radius 2 is 1.78 bits per heavy atom. The Morgan fingerprint density at radius 1 is 1.11 bits per heavy atom. The molecule has 1 aliphatic carbocycles. The Kier molecular flexibility index (Phi) is 12.3. The molecule has 0 aromatic heterocycles. The van der Waals surface area contributed by atoms with E-state index in [1.807, 2.05) is 32.0 Å². The van der Waals surface area contributed by atoms with E-state index in [-0.39, 0.29) is 23.6 Å². The molecule has 1 fully saturated rings. The minimum Gasteiger partial charge on any atom is -0.444 e. The number of carbonyl (C=O) groups excluding carboxylic acids is 3. The maximum Gasteiger partial charge on any atom is 0.408 e. The summed E-state index contributed by atoms with van der Waals surface area (Å²) in [7, 11) is 0. The van der Waals surface area contributed by atoms with E-state index in [0.29, 0.717) is 6.54 Å². The van der Waals surface area contributed by atoms with Crippen LogP contribution in [0.25, 0.3) is 0 Å². The Balaban J connectivity index is 2.45. The molecule has 0 bridgehead atoms. The van der Waals surface area contributed by atoms with Crippen LogP contribution in [0.15, 0.2) is 18.2 Å². The van der Waals surface area contributed by atoms with Crippen LogP contribution in [-0.4, -0.2) is 52.8 Å². The van der Waals surface area contributed by atoms with Gasteiger partial charge >= 0.3 is 6.09 Å². The van der Waals surface area contributed by atoms with E-state index in [1.165, 1.54) is 6.42 Å². The minimum atomic E-state index is -0.921. The summed E-state index contributed by atoms with van der Waals surface area (Å²) in [6.45, 7) is 11.8. The quantitative estimate of drug-likeness (QED) is 0.254. The zero-order valence-electron chi connectivity index (χ0n) is 23.6. The average molecular weight is 534 g/mol. The van der Waals surface area contributed by atoms with Crippen LogP contribution < -0.4 is 10.6 Å². The van der Waals surface area contributed by atoms with Gasteiger partial charge in [0.1, 0.15) is 17.7 Å². The maximum atomic E-state index is 14.0. The number of hydrogen-bond donors (Lipinski definition) is 3. The van der Waals surface area contributed by atoms with Gasteiger partial charge in [-0.1, -0.05) is 62.8 Å². The molecule has 0 saturated heterocycles. The summed E-state index contributed by atoms with van der Waals surface area (Å²) in [6, 6.07) is 4.40. The van der Waals surface area contributed by atoms with Crippen molar-refractivity contribution in [2.45, 2.75) is 117 Å². The number of thiol groups is 1. The van der Waals surface area contributed by atoms with Crippen LogP contribution in [-0.2, 0) is 14.3 Å². The highest BCUT2D eigenvalue weighted by Gasteiger charge is 2.37. The lowest BCUT2D eigenvalue weighted by Gasteiger charge is -2.36. The van der Waals surface area contributed by atoms with Crippen LogP contribution in [0, 0.1) is 13.8 Å². The highest BCUT2D eigenvalue weighted by molar-refractivity contribution is 7.80. The zero-order valence-corrected chi connectivity index (χ0v) is 24.5. The molecule has 2 atom stereocenters. The van der Waals surface area contributed by atoms with Gasteiger partial charge in [-0.2, -0.15) is 12.6 Å². The first-order valence-electron chi connectivity index (χ1n) is 13.7. The number of ether oxygens (including phenoxy) is 1. The third-order valence-electron chi connectivity index (χ3n) is 6.70. The van der Waals surface area contributed by atoms with Crippen molar-refractivity contribution in [1.29, 1.82) is 0 Å². The predicted molar refractivity (Wildman–Crippen MR) is 152 cm³/mol. The van der Waals surface area contributed by atoms with E-state index in [0.717, 1.165) is 61.6 Å². The summed E-state index contributed by atoms with van der Waals surface area (Å²) in [6.07, 6.45) is 7.28. The van der Waals surface area contributed by atoms with E-state index in [9.17, 15) is 14.4 Å². The van der Waals surface area contributed by atoms with Crippen molar-refractivity contribution in [2.75, 3.05) is 12.3 Å². The molecule has 1 aromatic rings. The SMILES string of the molecule is CCCCCN(C(=O)C(CS)NC(=O)OC(C)(C)C)C(C(=O)NC1CCCCC1)c1cc(C)ccc1C. The second kappa shape index (κ2) is 14.6. The molecule has 1 aliphatic rings. The molecule has 0 spiro atoms. The molecule has 1 aromatic carbocycles. The lowest BCUT2D eigenvalue weighted by molar-refractivity contribution is -0.142. The van der Waals surface area contributed by atoms with Crippen LogP contribution in [0.5, 0.6) is 0 Å². The topological polar surface area (TPSA) is 87.7 Å². The molecule has 8 heteroatoms. The number of rotatable bonds is 11. The number of carbonyl (C=O) groups is 3.